The first-order chi connectivity index (χ1) is 10.1. The monoisotopic (exact) mass is 312 g/mol. The third-order valence-corrected chi connectivity index (χ3v) is 3.41. The number of hydrogen-bond acceptors (Lipinski definition) is 2. The minimum absolute atomic E-state index is 0.271. The second-order valence-corrected chi connectivity index (χ2v) is 5.22. The number of ether oxygens (including phenoxy) is 1. The summed E-state index contributed by atoms with van der Waals surface area (Å²) in [7, 11) is 0. The maximum Gasteiger partial charge on any atom is 0.138 e. The van der Waals surface area contributed by atoms with E-state index < -0.39 is 0 Å². The van der Waals surface area contributed by atoms with Gasteiger partial charge in [0.1, 0.15) is 11.5 Å². The molecule has 0 aliphatic rings. The number of Topliss-reactive ketones (excluding diaryl/α,β-unsaturated/α-hetero) is 1. The Morgan fingerprint density at radius 1 is 1.19 bits per heavy atom. The van der Waals surface area contributed by atoms with Gasteiger partial charge in [0.2, 0.25) is 0 Å². The minimum Gasteiger partial charge on any atom is -0.492 e. The third-order valence-electron chi connectivity index (χ3n) is 2.98. The fraction of sp³-hybridized carbons (Fsp3) is 0.611. The Bertz CT molecular complexity index is 402. The molecule has 0 spiro atoms. The van der Waals surface area contributed by atoms with Crippen LogP contribution in [0.4, 0.5) is 0 Å². The van der Waals surface area contributed by atoms with Gasteiger partial charge in [-0.2, -0.15) is 0 Å². The highest BCUT2D eigenvalue weighted by Gasteiger charge is 2.06. The number of carbonyl (C=O) groups excluding carboxylic acids is 1. The van der Waals surface area contributed by atoms with Crippen molar-refractivity contribution >= 4 is 17.4 Å². The van der Waals surface area contributed by atoms with Crippen molar-refractivity contribution in [1.29, 1.82) is 0 Å². The molecule has 1 rings (SSSR count). The fourth-order valence-corrected chi connectivity index (χ4v) is 2.21. The number of halogens is 1. The predicted octanol–water partition coefficient (Wildman–Crippen LogP) is 5.85. The summed E-state index contributed by atoms with van der Waals surface area (Å²) in [5, 5.41) is 0.738. The highest BCUT2D eigenvalue weighted by Crippen LogP contribution is 2.29. The lowest BCUT2D eigenvalue weighted by Crippen LogP contribution is -1.97. The molecule has 1 aromatic carbocycles. The highest BCUT2D eigenvalue weighted by molar-refractivity contribution is 6.32. The van der Waals surface area contributed by atoms with Crippen LogP contribution in [0.25, 0.3) is 0 Å². The van der Waals surface area contributed by atoms with Crippen LogP contribution in [0, 0.1) is 0 Å². The van der Waals surface area contributed by atoms with Crippen molar-refractivity contribution in [2.24, 2.45) is 0 Å². The molecular weight excluding hydrogens is 284 g/mol. The second-order valence-electron chi connectivity index (χ2n) is 4.84. The first-order valence-corrected chi connectivity index (χ1v) is 8.42. The Hall–Kier alpha value is -1.02. The van der Waals surface area contributed by atoms with Gasteiger partial charge in [0.15, 0.2) is 0 Å². The molecule has 0 amide bonds. The molecule has 0 heterocycles. The zero-order valence-electron chi connectivity index (χ0n) is 13.9. The van der Waals surface area contributed by atoms with Gasteiger partial charge < -0.3 is 9.53 Å². The number of ketones is 1. The van der Waals surface area contributed by atoms with Crippen LogP contribution in [0.2, 0.25) is 5.02 Å². The van der Waals surface area contributed by atoms with E-state index in [-0.39, 0.29) is 5.78 Å². The first-order valence-electron chi connectivity index (χ1n) is 8.04. The SMILES string of the molecule is CC.CCCOc1cccc(CCCCCC(C)=O)c1Cl. The molecule has 0 aliphatic heterocycles. The van der Waals surface area contributed by atoms with Gasteiger partial charge in [-0.1, -0.05) is 50.9 Å². The van der Waals surface area contributed by atoms with Crippen LogP contribution in [0.1, 0.15) is 65.4 Å². The van der Waals surface area contributed by atoms with E-state index in [0.29, 0.717) is 13.0 Å². The number of hydrogen-bond donors (Lipinski definition) is 0. The van der Waals surface area contributed by atoms with Crippen LogP contribution < -0.4 is 4.74 Å². The van der Waals surface area contributed by atoms with Crippen molar-refractivity contribution in [3.05, 3.63) is 28.8 Å². The number of carbonyl (C=O) groups is 1. The fourth-order valence-electron chi connectivity index (χ4n) is 1.94. The predicted molar refractivity (Wildman–Crippen MR) is 91.4 cm³/mol. The van der Waals surface area contributed by atoms with Crippen molar-refractivity contribution in [2.75, 3.05) is 6.61 Å². The van der Waals surface area contributed by atoms with Crippen LogP contribution in [0.5, 0.6) is 5.75 Å². The summed E-state index contributed by atoms with van der Waals surface area (Å²) in [6.07, 6.45) is 5.71. The molecule has 0 aliphatic carbocycles. The summed E-state index contributed by atoms with van der Waals surface area (Å²) < 4.78 is 5.61. The lowest BCUT2D eigenvalue weighted by molar-refractivity contribution is -0.117. The molecule has 120 valence electrons. The zero-order valence-corrected chi connectivity index (χ0v) is 14.6. The van der Waals surface area contributed by atoms with Crippen LogP contribution in [-0.4, -0.2) is 12.4 Å². The second kappa shape index (κ2) is 12.7. The molecule has 0 fully saturated rings. The molecule has 0 radical (unpaired) electrons. The Labute approximate surface area is 134 Å². The van der Waals surface area contributed by atoms with E-state index in [1.54, 1.807) is 6.92 Å². The summed E-state index contributed by atoms with van der Waals surface area (Å²) in [6.45, 7) is 8.42. The largest absolute Gasteiger partial charge is 0.492 e. The topological polar surface area (TPSA) is 26.3 Å². The number of unbranched alkanes of at least 4 members (excludes halogenated alkanes) is 2. The van der Waals surface area contributed by atoms with Gasteiger partial charge in [-0.25, -0.2) is 0 Å². The molecule has 0 N–H and O–H groups in total. The van der Waals surface area contributed by atoms with Crippen LogP contribution in [0.3, 0.4) is 0 Å². The summed E-state index contributed by atoms with van der Waals surface area (Å²) >= 11 is 6.33. The van der Waals surface area contributed by atoms with Crippen molar-refractivity contribution in [3.63, 3.8) is 0 Å². The van der Waals surface area contributed by atoms with Gasteiger partial charge in [-0.15, -0.1) is 0 Å². The van der Waals surface area contributed by atoms with Gasteiger partial charge in [0.25, 0.3) is 0 Å². The normalized spacial score (nSPS) is 9.76. The van der Waals surface area contributed by atoms with E-state index in [4.69, 9.17) is 16.3 Å². The Morgan fingerprint density at radius 2 is 1.90 bits per heavy atom. The molecule has 0 aromatic heterocycles. The van der Waals surface area contributed by atoms with E-state index in [1.807, 2.05) is 32.0 Å². The van der Waals surface area contributed by atoms with E-state index >= 15 is 0 Å². The lowest BCUT2D eigenvalue weighted by Gasteiger charge is -2.10. The van der Waals surface area contributed by atoms with Crippen molar-refractivity contribution < 1.29 is 9.53 Å². The molecule has 3 heteroatoms. The Kier molecular flexibility index (Phi) is 12.1. The average molecular weight is 313 g/mol. The van der Waals surface area contributed by atoms with Crippen molar-refractivity contribution in [3.8, 4) is 5.75 Å². The number of benzene rings is 1. The van der Waals surface area contributed by atoms with E-state index in [2.05, 4.69) is 6.92 Å². The molecule has 0 saturated carbocycles. The van der Waals surface area contributed by atoms with Crippen LogP contribution >= 0.6 is 11.6 Å². The van der Waals surface area contributed by atoms with Crippen molar-refractivity contribution in [1.82, 2.24) is 0 Å². The molecule has 1 aromatic rings. The molecule has 2 nitrogen and oxygen atoms in total. The lowest BCUT2D eigenvalue weighted by atomic mass is 10.1. The number of rotatable bonds is 9. The maximum absolute atomic E-state index is 10.8. The smallest absolute Gasteiger partial charge is 0.138 e. The van der Waals surface area contributed by atoms with Gasteiger partial charge in [0.05, 0.1) is 11.6 Å². The van der Waals surface area contributed by atoms with Gasteiger partial charge >= 0.3 is 0 Å². The van der Waals surface area contributed by atoms with E-state index in [0.717, 1.165) is 48.4 Å². The van der Waals surface area contributed by atoms with Crippen LogP contribution in [0.15, 0.2) is 18.2 Å². The molecule has 21 heavy (non-hydrogen) atoms. The highest BCUT2D eigenvalue weighted by atomic mass is 35.5. The molecule has 0 saturated heterocycles. The van der Waals surface area contributed by atoms with Gasteiger partial charge in [-0.05, 0) is 44.2 Å². The van der Waals surface area contributed by atoms with E-state index in [9.17, 15) is 4.79 Å². The van der Waals surface area contributed by atoms with Gasteiger partial charge in [0, 0.05) is 6.42 Å². The quantitative estimate of drug-likeness (QED) is 0.535. The van der Waals surface area contributed by atoms with Crippen molar-refractivity contribution in [2.45, 2.75) is 66.2 Å². The number of aryl methyl sites for hydroxylation is 1. The molecular formula is C18H29ClO2. The molecule has 0 atom stereocenters. The standard InChI is InChI=1S/C16H23ClO2.C2H6/c1-3-12-19-15-11-7-10-14(16(15)17)9-6-4-5-8-13(2)18;1-2/h7,10-11H,3-6,8-9,12H2,1-2H3;1-2H3. The zero-order chi connectivity index (χ0) is 16.1. The van der Waals surface area contributed by atoms with Gasteiger partial charge in [-0.3, -0.25) is 0 Å². The molecule has 0 bridgehead atoms. The first kappa shape index (κ1) is 20.0. The molecule has 0 unspecified atom stereocenters. The van der Waals surface area contributed by atoms with Crippen LogP contribution in [-0.2, 0) is 11.2 Å². The minimum atomic E-state index is 0.271. The Balaban J connectivity index is 0.00000191. The summed E-state index contributed by atoms with van der Waals surface area (Å²) in [4.78, 5) is 10.8. The summed E-state index contributed by atoms with van der Waals surface area (Å²) in [5.41, 5.74) is 1.14. The summed E-state index contributed by atoms with van der Waals surface area (Å²) in [5.74, 6) is 1.05. The third kappa shape index (κ3) is 8.77. The average Bonchev–Trinajstić information content (AvgIpc) is 2.49. The van der Waals surface area contributed by atoms with E-state index in [1.165, 1.54) is 0 Å². The summed E-state index contributed by atoms with van der Waals surface area (Å²) in [6, 6.07) is 5.95. The Morgan fingerprint density at radius 3 is 2.52 bits per heavy atom. The maximum atomic E-state index is 10.8.